The Morgan fingerprint density at radius 2 is 2.00 bits per heavy atom. The molecule has 100 valence electrons. The van der Waals surface area contributed by atoms with E-state index in [1.54, 1.807) is 20.8 Å². The summed E-state index contributed by atoms with van der Waals surface area (Å²) in [5.41, 5.74) is -1.78. The number of likely N-dealkylation sites (tertiary alicyclic amines) is 1. The second kappa shape index (κ2) is 3.70. The molecule has 0 aromatic rings. The molecule has 2 atom stereocenters. The molecule has 1 saturated heterocycles. The van der Waals surface area contributed by atoms with Crippen molar-refractivity contribution in [2.24, 2.45) is 11.3 Å². The number of carbonyl (C=O) groups excluding carboxylic acids is 3. The van der Waals surface area contributed by atoms with E-state index >= 15 is 0 Å². The molecule has 2 amide bonds. The van der Waals surface area contributed by atoms with Crippen LogP contribution in [-0.4, -0.2) is 42.1 Å². The maximum Gasteiger partial charge on any atom is 0.417 e. The molecule has 1 heterocycles. The van der Waals surface area contributed by atoms with Gasteiger partial charge in [-0.15, -0.1) is 0 Å². The highest BCUT2D eigenvalue weighted by molar-refractivity contribution is 6.12. The Balaban J connectivity index is 2.10. The van der Waals surface area contributed by atoms with Crippen molar-refractivity contribution in [3.8, 4) is 0 Å². The second-order valence-corrected chi connectivity index (χ2v) is 5.76. The van der Waals surface area contributed by atoms with Crippen LogP contribution < -0.4 is 0 Å². The third-order valence-corrected chi connectivity index (χ3v) is 3.30. The first-order valence-electron chi connectivity index (χ1n) is 5.86. The Kier molecular flexibility index (Phi) is 2.64. The van der Waals surface area contributed by atoms with E-state index in [9.17, 15) is 14.4 Å². The zero-order valence-electron chi connectivity index (χ0n) is 11.0. The lowest BCUT2D eigenvalue weighted by molar-refractivity contribution is -0.153. The number of amides is 2. The van der Waals surface area contributed by atoms with Gasteiger partial charge in [0.15, 0.2) is 5.41 Å². The van der Waals surface area contributed by atoms with Gasteiger partial charge in [-0.05, 0) is 27.2 Å². The van der Waals surface area contributed by atoms with Crippen molar-refractivity contribution < 1.29 is 23.9 Å². The number of imide groups is 1. The molecule has 6 heteroatoms. The quantitative estimate of drug-likeness (QED) is 0.515. The third-order valence-electron chi connectivity index (χ3n) is 3.30. The van der Waals surface area contributed by atoms with Gasteiger partial charge in [-0.2, -0.15) is 0 Å². The summed E-state index contributed by atoms with van der Waals surface area (Å²) >= 11 is 0. The van der Waals surface area contributed by atoms with Crippen molar-refractivity contribution in [1.82, 2.24) is 4.90 Å². The summed E-state index contributed by atoms with van der Waals surface area (Å²) in [6.45, 7) is 5.41. The highest BCUT2D eigenvalue weighted by Gasteiger charge is 2.73. The van der Waals surface area contributed by atoms with E-state index in [0.717, 1.165) is 4.90 Å². The number of hydrogen-bond donors (Lipinski definition) is 0. The van der Waals surface area contributed by atoms with E-state index in [2.05, 4.69) is 4.74 Å². The fraction of sp³-hybridized carbons (Fsp3) is 0.750. The molecule has 0 N–H and O–H groups in total. The minimum Gasteiger partial charge on any atom is -0.468 e. The van der Waals surface area contributed by atoms with Crippen molar-refractivity contribution in [3.63, 3.8) is 0 Å². The Hall–Kier alpha value is -1.59. The molecule has 2 fully saturated rings. The number of methoxy groups -OCH3 is 1. The summed E-state index contributed by atoms with van der Waals surface area (Å²) in [6, 6.07) is 0. The van der Waals surface area contributed by atoms with Gasteiger partial charge < -0.3 is 9.47 Å². The fourth-order valence-electron chi connectivity index (χ4n) is 2.35. The molecule has 2 aliphatic rings. The first kappa shape index (κ1) is 12.9. The highest BCUT2D eigenvalue weighted by atomic mass is 16.6. The summed E-state index contributed by atoms with van der Waals surface area (Å²) in [5, 5.41) is 0. The maximum absolute atomic E-state index is 12.1. The Morgan fingerprint density at radius 3 is 2.50 bits per heavy atom. The molecule has 0 spiro atoms. The number of hydrogen-bond acceptors (Lipinski definition) is 5. The third kappa shape index (κ3) is 1.76. The zero-order chi connectivity index (χ0) is 13.7. The van der Waals surface area contributed by atoms with Gasteiger partial charge in [-0.25, -0.2) is 9.69 Å². The molecule has 6 nitrogen and oxygen atoms in total. The van der Waals surface area contributed by atoms with E-state index < -0.39 is 29.0 Å². The van der Waals surface area contributed by atoms with Crippen LogP contribution in [0.4, 0.5) is 4.79 Å². The molecule has 0 bridgehead atoms. The molecular formula is C12H17NO5. The van der Waals surface area contributed by atoms with Crippen LogP contribution in [0.5, 0.6) is 0 Å². The molecule has 0 aromatic carbocycles. The van der Waals surface area contributed by atoms with Gasteiger partial charge in [0, 0.05) is 12.5 Å². The van der Waals surface area contributed by atoms with Crippen molar-refractivity contribution in [2.75, 3.05) is 13.7 Å². The number of fused-ring (bicyclic) bond motifs is 1. The fourth-order valence-corrected chi connectivity index (χ4v) is 2.35. The van der Waals surface area contributed by atoms with Crippen LogP contribution in [0.15, 0.2) is 0 Å². The van der Waals surface area contributed by atoms with Crippen molar-refractivity contribution in [3.05, 3.63) is 0 Å². The van der Waals surface area contributed by atoms with Gasteiger partial charge >= 0.3 is 12.1 Å². The van der Waals surface area contributed by atoms with Crippen LogP contribution >= 0.6 is 0 Å². The van der Waals surface area contributed by atoms with E-state index in [4.69, 9.17) is 4.74 Å². The maximum atomic E-state index is 12.1. The summed E-state index contributed by atoms with van der Waals surface area (Å²) in [6.07, 6.45) is -0.222. The van der Waals surface area contributed by atoms with Crippen LogP contribution in [0, 0.1) is 11.3 Å². The van der Waals surface area contributed by atoms with E-state index in [1.165, 1.54) is 7.11 Å². The summed E-state index contributed by atoms with van der Waals surface area (Å²) < 4.78 is 9.77. The van der Waals surface area contributed by atoms with Crippen LogP contribution in [-0.2, 0) is 19.1 Å². The number of nitrogens with zero attached hydrogens (tertiary/aromatic N) is 1. The van der Waals surface area contributed by atoms with Gasteiger partial charge in [0.2, 0.25) is 5.91 Å². The topological polar surface area (TPSA) is 72.9 Å². The smallest absolute Gasteiger partial charge is 0.417 e. The Morgan fingerprint density at radius 1 is 1.39 bits per heavy atom. The summed E-state index contributed by atoms with van der Waals surface area (Å²) in [5.74, 6) is -1.16. The predicted molar refractivity (Wildman–Crippen MR) is 60.5 cm³/mol. The van der Waals surface area contributed by atoms with Crippen LogP contribution in [0.1, 0.15) is 27.2 Å². The lowest BCUT2D eigenvalue weighted by atomic mass is 10.1. The van der Waals surface area contributed by atoms with Crippen molar-refractivity contribution in [1.29, 1.82) is 0 Å². The monoisotopic (exact) mass is 255 g/mol. The van der Waals surface area contributed by atoms with Gasteiger partial charge in [0.25, 0.3) is 0 Å². The van der Waals surface area contributed by atoms with Gasteiger partial charge in [0.1, 0.15) is 5.60 Å². The average molecular weight is 255 g/mol. The molecule has 2 rings (SSSR count). The van der Waals surface area contributed by atoms with Crippen molar-refractivity contribution in [2.45, 2.75) is 32.8 Å². The molecule has 0 radical (unpaired) electrons. The van der Waals surface area contributed by atoms with E-state index in [1.807, 2.05) is 0 Å². The summed E-state index contributed by atoms with van der Waals surface area (Å²) in [7, 11) is 1.25. The van der Waals surface area contributed by atoms with Gasteiger partial charge in [0.05, 0.1) is 7.11 Å². The Bertz CT molecular complexity index is 425. The number of ether oxygens (including phenoxy) is 2. The van der Waals surface area contributed by atoms with Gasteiger partial charge in [-0.3, -0.25) is 9.59 Å². The first-order valence-corrected chi connectivity index (χ1v) is 5.86. The highest BCUT2D eigenvalue weighted by Crippen LogP contribution is 2.59. The van der Waals surface area contributed by atoms with E-state index in [-0.39, 0.29) is 12.5 Å². The Labute approximate surface area is 105 Å². The zero-order valence-corrected chi connectivity index (χ0v) is 11.0. The normalized spacial score (nSPS) is 29.9. The first-order chi connectivity index (χ1) is 8.22. The molecule has 1 saturated carbocycles. The molecule has 18 heavy (non-hydrogen) atoms. The second-order valence-electron chi connectivity index (χ2n) is 5.76. The number of esters is 1. The molecule has 2 unspecified atom stereocenters. The van der Waals surface area contributed by atoms with Gasteiger partial charge in [-0.1, -0.05) is 0 Å². The lowest BCUT2D eigenvalue weighted by Gasteiger charge is -2.24. The number of rotatable bonds is 1. The minimum absolute atomic E-state index is 0.120. The molecule has 1 aliphatic carbocycles. The lowest BCUT2D eigenvalue weighted by Crippen LogP contribution is -2.42. The van der Waals surface area contributed by atoms with Crippen LogP contribution in [0.25, 0.3) is 0 Å². The molecule has 0 aromatic heterocycles. The summed E-state index contributed by atoms with van der Waals surface area (Å²) in [4.78, 5) is 36.6. The predicted octanol–water partition coefficient (Wildman–Crippen LogP) is 0.943. The number of carbonyl (C=O) groups is 3. The largest absolute Gasteiger partial charge is 0.468 e. The van der Waals surface area contributed by atoms with Crippen LogP contribution in [0.3, 0.4) is 0 Å². The minimum atomic E-state index is -1.12. The standard InChI is InChI=1S/C12H17NO5/c1-11(2,3)18-10(16)13-6-7-5-12(7,8(13)14)9(15)17-4/h7H,5-6H2,1-4H3. The molecule has 1 aliphatic heterocycles. The van der Waals surface area contributed by atoms with E-state index in [0.29, 0.717) is 6.42 Å². The number of piperidine rings is 1. The SMILES string of the molecule is COC(=O)C12CC1CN(C(=O)OC(C)(C)C)C2=O. The average Bonchev–Trinajstić information content (AvgIpc) is 2.90. The molecular weight excluding hydrogens is 238 g/mol. The van der Waals surface area contributed by atoms with Crippen molar-refractivity contribution >= 4 is 18.0 Å². The van der Waals surface area contributed by atoms with Crippen LogP contribution in [0.2, 0.25) is 0 Å².